The maximum Gasteiger partial charge on any atom is 0.0798 e. The van der Waals surface area contributed by atoms with Crippen LogP contribution in [0.3, 0.4) is 0 Å². The van der Waals surface area contributed by atoms with Gasteiger partial charge in [-0.05, 0) is 101 Å². The van der Waals surface area contributed by atoms with Crippen LogP contribution in [0.15, 0.2) is 134 Å². The summed E-state index contributed by atoms with van der Waals surface area (Å²) in [7, 11) is -1.34. The molecule has 0 N–H and O–H groups in total. The molecule has 9 aromatic rings. The second-order valence-corrected chi connectivity index (χ2v) is 22.6. The van der Waals surface area contributed by atoms with Gasteiger partial charge >= 0.3 is 0 Å². The van der Waals surface area contributed by atoms with Gasteiger partial charge in [0.2, 0.25) is 0 Å². The summed E-state index contributed by atoms with van der Waals surface area (Å²) < 4.78 is 3.57. The molecule has 6 heteroatoms. The molecule has 0 aliphatic heterocycles. The van der Waals surface area contributed by atoms with Gasteiger partial charge in [0.25, 0.3) is 0 Å². The zero-order chi connectivity index (χ0) is 39.8. The van der Waals surface area contributed by atoms with Crippen LogP contribution in [0.2, 0.25) is 19.6 Å². The summed E-state index contributed by atoms with van der Waals surface area (Å²) in [5, 5.41) is 8.83. The number of imidazole rings is 1. The third-order valence-corrected chi connectivity index (χ3v) is 13.6. The van der Waals surface area contributed by atoms with Gasteiger partial charge in [-0.2, -0.15) is 0 Å². The maximum atomic E-state index is 5.18. The first-order chi connectivity index (χ1) is 27.4. The first-order valence-electron chi connectivity index (χ1n) is 19.9. The van der Waals surface area contributed by atoms with Gasteiger partial charge in [-0.25, -0.2) is 0 Å². The van der Waals surface area contributed by atoms with Crippen LogP contribution >= 0.6 is 11.3 Å². The molecule has 293 valence electrons. The number of aryl methyl sites for hydroxylation is 3. The SMILES string of the molecule is CC(C)Cc1cc(-c2[c-]cccc2)ncc1[Si](C)(C)C.Cc1ccc2cc3s[c-]c(-c4nc5ccccc5n4-c4c(C)cc(-c5ccccc5)cc4C)c3cc2c1.[Ir]. The fraction of sp³-hybridized carbons (Fsp3) is 0.192. The Hall–Kier alpha value is -4.97. The average Bonchev–Trinajstić information content (AvgIpc) is 3.78. The molecule has 3 aromatic heterocycles. The van der Waals surface area contributed by atoms with Gasteiger partial charge in [-0.1, -0.05) is 139 Å². The van der Waals surface area contributed by atoms with Crippen molar-refractivity contribution in [3.05, 3.63) is 167 Å². The molecular weight excluding hydrogens is 919 g/mol. The predicted molar refractivity (Wildman–Crippen MR) is 248 cm³/mol. The summed E-state index contributed by atoms with van der Waals surface area (Å²) in [5.74, 6) is 1.61. The van der Waals surface area contributed by atoms with E-state index in [1.54, 1.807) is 11.3 Å². The number of hydrogen-bond acceptors (Lipinski definition) is 3. The summed E-state index contributed by atoms with van der Waals surface area (Å²) >= 11 is 1.67. The Morgan fingerprint density at radius 3 is 2.17 bits per heavy atom. The third kappa shape index (κ3) is 8.44. The van der Waals surface area contributed by atoms with Crippen molar-refractivity contribution >= 4 is 56.5 Å². The van der Waals surface area contributed by atoms with Crippen LogP contribution in [-0.4, -0.2) is 22.6 Å². The van der Waals surface area contributed by atoms with Gasteiger partial charge < -0.3 is 9.55 Å². The maximum absolute atomic E-state index is 5.18. The van der Waals surface area contributed by atoms with Crippen molar-refractivity contribution in [2.75, 3.05) is 0 Å². The van der Waals surface area contributed by atoms with Crippen molar-refractivity contribution in [1.29, 1.82) is 0 Å². The van der Waals surface area contributed by atoms with Crippen LogP contribution in [0.5, 0.6) is 0 Å². The molecule has 0 aliphatic rings. The molecule has 1 radical (unpaired) electrons. The zero-order valence-electron chi connectivity index (χ0n) is 34.6. The summed E-state index contributed by atoms with van der Waals surface area (Å²) in [4.78, 5) is 9.87. The molecule has 0 saturated heterocycles. The molecule has 0 amide bonds. The van der Waals surface area contributed by atoms with Crippen LogP contribution in [0.25, 0.3) is 71.4 Å². The van der Waals surface area contributed by atoms with Crippen molar-refractivity contribution in [2.45, 2.75) is 60.7 Å². The number of fused-ring (bicyclic) bond motifs is 3. The topological polar surface area (TPSA) is 30.7 Å². The Bertz CT molecular complexity index is 2840. The van der Waals surface area contributed by atoms with Gasteiger partial charge in [-0.3, -0.25) is 16.3 Å². The average molecular weight is 968 g/mol. The van der Waals surface area contributed by atoms with Gasteiger partial charge in [0.05, 0.1) is 24.9 Å². The Kier molecular flexibility index (Phi) is 12.1. The standard InChI is InChI=1S/C34H25N2S.C18H24NSi.Ir/c1-21-13-14-25-19-32-28(18-26(25)15-21)29(20-37-32)34-35-30-11-7-8-12-31(30)36(34)33-22(2)16-27(17-23(33)3)24-9-5-4-6-10-24;1-14(2)11-16-12-17(15-9-7-6-8-10-15)19-13-18(16)20(3,4)5;/h4-19H,1-3H3;6-9,12-14H,11H2,1-5H3;/q2*-1;. The molecule has 6 aromatic carbocycles. The fourth-order valence-electron chi connectivity index (χ4n) is 8.01. The van der Waals surface area contributed by atoms with Gasteiger partial charge in [0.1, 0.15) is 0 Å². The molecule has 9 rings (SSSR count). The first-order valence-corrected chi connectivity index (χ1v) is 24.2. The van der Waals surface area contributed by atoms with Gasteiger partial charge in [-0.15, -0.1) is 41.3 Å². The second kappa shape index (κ2) is 17.1. The van der Waals surface area contributed by atoms with Crippen LogP contribution in [0, 0.1) is 38.1 Å². The van der Waals surface area contributed by atoms with Crippen molar-refractivity contribution in [3.63, 3.8) is 0 Å². The molecule has 0 atom stereocenters. The quantitative estimate of drug-likeness (QED) is 0.118. The Morgan fingerprint density at radius 2 is 1.47 bits per heavy atom. The zero-order valence-corrected chi connectivity index (χ0v) is 38.8. The van der Waals surface area contributed by atoms with Crippen LogP contribution in [-0.2, 0) is 26.5 Å². The minimum Gasteiger partial charge on any atom is -0.333 e. The van der Waals surface area contributed by atoms with Crippen molar-refractivity contribution < 1.29 is 20.1 Å². The Labute approximate surface area is 362 Å². The number of pyridine rings is 1. The fourth-order valence-corrected chi connectivity index (χ4v) is 10.5. The number of rotatable bonds is 7. The molecule has 0 saturated carbocycles. The normalized spacial score (nSPS) is 11.5. The number of nitrogens with zero attached hydrogens (tertiary/aromatic N) is 3. The predicted octanol–water partition coefficient (Wildman–Crippen LogP) is 13.7. The Balaban J connectivity index is 0.000000208. The summed E-state index contributed by atoms with van der Waals surface area (Å²) in [6, 6.07) is 48.5. The number of para-hydroxylation sites is 2. The van der Waals surface area contributed by atoms with Gasteiger partial charge in [0, 0.05) is 32.0 Å². The number of thiophene rings is 1. The molecular formula is C52H49IrN3SSi-2. The third-order valence-electron chi connectivity index (χ3n) is 10.6. The molecule has 0 fully saturated rings. The second-order valence-electron chi connectivity index (χ2n) is 16.7. The van der Waals surface area contributed by atoms with E-state index in [-0.39, 0.29) is 20.1 Å². The molecule has 0 spiro atoms. The molecule has 0 unspecified atom stereocenters. The van der Waals surface area contributed by atoms with E-state index >= 15 is 0 Å². The molecule has 0 bridgehead atoms. The van der Waals surface area contributed by atoms with Crippen molar-refractivity contribution in [1.82, 2.24) is 14.5 Å². The summed E-state index contributed by atoms with van der Waals surface area (Å²) in [6.45, 7) is 18.3. The molecule has 0 aliphatic carbocycles. The van der Waals surface area contributed by atoms with E-state index in [0.717, 1.165) is 40.1 Å². The van der Waals surface area contributed by atoms with Gasteiger partial charge in [0.15, 0.2) is 0 Å². The van der Waals surface area contributed by atoms with Crippen molar-refractivity contribution in [3.8, 4) is 39.5 Å². The molecule has 3 nitrogen and oxygen atoms in total. The van der Waals surface area contributed by atoms with E-state index in [2.05, 4.69) is 191 Å². The van der Waals surface area contributed by atoms with E-state index in [0.29, 0.717) is 5.92 Å². The summed E-state index contributed by atoms with van der Waals surface area (Å²) in [5.41, 5.74) is 14.1. The number of hydrogen-bond donors (Lipinski definition) is 0. The monoisotopic (exact) mass is 968 g/mol. The van der Waals surface area contributed by atoms with Crippen molar-refractivity contribution in [2.24, 2.45) is 5.92 Å². The smallest absolute Gasteiger partial charge is 0.0798 e. The first kappa shape index (κ1) is 41.2. The van der Waals surface area contributed by atoms with E-state index in [9.17, 15) is 0 Å². The summed E-state index contributed by atoms with van der Waals surface area (Å²) in [6.07, 6.45) is 3.24. The number of benzene rings is 6. The van der Waals surface area contributed by atoms with E-state index in [1.165, 1.54) is 65.1 Å². The van der Waals surface area contributed by atoms with Crippen LogP contribution < -0.4 is 5.19 Å². The van der Waals surface area contributed by atoms with E-state index in [4.69, 9.17) is 4.98 Å². The van der Waals surface area contributed by atoms with E-state index < -0.39 is 8.07 Å². The largest absolute Gasteiger partial charge is 0.333 e. The van der Waals surface area contributed by atoms with Crippen LogP contribution in [0.4, 0.5) is 0 Å². The minimum absolute atomic E-state index is 0. The van der Waals surface area contributed by atoms with Crippen LogP contribution in [0.1, 0.15) is 36.1 Å². The Morgan fingerprint density at radius 1 is 0.741 bits per heavy atom. The molecule has 3 heterocycles. The minimum atomic E-state index is -1.34. The van der Waals surface area contributed by atoms with E-state index in [1.807, 2.05) is 18.2 Å². The molecule has 58 heavy (non-hydrogen) atoms. The number of aromatic nitrogens is 3.